The van der Waals surface area contributed by atoms with Crippen molar-refractivity contribution in [2.75, 3.05) is 6.61 Å². The number of primary amides is 1. The lowest BCUT2D eigenvalue weighted by Gasteiger charge is -2.14. The van der Waals surface area contributed by atoms with Crippen LogP contribution >= 0.6 is 12.4 Å². The minimum atomic E-state index is -0.459. The van der Waals surface area contributed by atoms with Gasteiger partial charge in [0.05, 0.1) is 0 Å². The number of amides is 1. The van der Waals surface area contributed by atoms with Crippen LogP contribution in [0, 0.1) is 0 Å². The molecule has 1 aliphatic carbocycles. The highest BCUT2D eigenvalue weighted by molar-refractivity contribution is 5.88. The molecule has 1 amide bonds. The van der Waals surface area contributed by atoms with E-state index in [9.17, 15) is 4.79 Å². The van der Waals surface area contributed by atoms with Crippen LogP contribution in [0.2, 0.25) is 0 Å². The second-order valence-electron chi connectivity index (χ2n) is 5.17. The summed E-state index contributed by atoms with van der Waals surface area (Å²) in [6.45, 7) is 0.662. The predicted molar refractivity (Wildman–Crippen MR) is 85.7 cm³/mol. The monoisotopic (exact) mass is 306 g/mol. The number of hydrogen-bond donors (Lipinski definition) is 2. The molecule has 5 heteroatoms. The quantitative estimate of drug-likeness (QED) is 0.861. The van der Waals surface area contributed by atoms with E-state index in [1.165, 1.54) is 18.2 Å². The fourth-order valence-corrected chi connectivity index (χ4v) is 2.32. The molecule has 2 aromatic rings. The Morgan fingerprint density at radius 3 is 2.71 bits per heavy atom. The molecule has 4 nitrogen and oxygen atoms in total. The molecule has 112 valence electrons. The first kappa shape index (κ1) is 15.6. The van der Waals surface area contributed by atoms with Crippen LogP contribution in [0.3, 0.4) is 0 Å². The Morgan fingerprint density at radius 1 is 1.24 bits per heavy atom. The summed E-state index contributed by atoms with van der Waals surface area (Å²) in [5.74, 6) is 0.273. The van der Waals surface area contributed by atoms with Crippen molar-refractivity contribution >= 4 is 29.1 Å². The first-order valence-electron chi connectivity index (χ1n) is 6.89. The highest BCUT2D eigenvalue weighted by Gasteiger charge is 2.21. The van der Waals surface area contributed by atoms with Crippen molar-refractivity contribution in [2.24, 2.45) is 5.73 Å². The topological polar surface area (TPSA) is 64.4 Å². The Balaban J connectivity index is 0.00000161. The molecule has 0 unspecified atom stereocenters. The van der Waals surface area contributed by atoms with Crippen LogP contribution in [0.25, 0.3) is 10.8 Å². The maximum Gasteiger partial charge on any atom is 0.255 e. The second kappa shape index (κ2) is 6.78. The van der Waals surface area contributed by atoms with E-state index in [0.29, 0.717) is 6.04 Å². The van der Waals surface area contributed by atoms with Gasteiger partial charge in [0.15, 0.2) is 6.61 Å². The SMILES string of the molecule is Cl.NC(=O)COc1ccc2ccccc2c1CNC1CC1. The lowest BCUT2D eigenvalue weighted by Crippen LogP contribution is -2.21. The predicted octanol–water partition coefficient (Wildman–Crippen LogP) is 2.38. The molecule has 0 atom stereocenters. The standard InChI is InChI=1S/C16H18N2O2.ClH/c17-16(19)10-20-15-8-5-11-3-1-2-4-13(11)14(15)9-18-12-6-7-12;/h1-5,8,12,18H,6-7,9-10H2,(H2,17,19);1H. The van der Waals surface area contributed by atoms with Gasteiger partial charge in [0, 0.05) is 18.2 Å². The van der Waals surface area contributed by atoms with Gasteiger partial charge >= 0.3 is 0 Å². The van der Waals surface area contributed by atoms with Crippen molar-refractivity contribution < 1.29 is 9.53 Å². The Morgan fingerprint density at radius 2 is 2.00 bits per heavy atom. The summed E-state index contributed by atoms with van der Waals surface area (Å²) in [7, 11) is 0. The van der Waals surface area contributed by atoms with Crippen LogP contribution in [0.5, 0.6) is 5.75 Å². The third kappa shape index (κ3) is 3.86. The number of nitrogens with one attached hydrogen (secondary N) is 1. The zero-order valence-corrected chi connectivity index (χ0v) is 12.5. The highest BCUT2D eigenvalue weighted by Crippen LogP contribution is 2.29. The molecular weight excluding hydrogens is 288 g/mol. The number of fused-ring (bicyclic) bond motifs is 1. The van der Waals surface area contributed by atoms with Crippen LogP contribution in [-0.4, -0.2) is 18.6 Å². The zero-order valence-electron chi connectivity index (χ0n) is 11.7. The summed E-state index contributed by atoms with van der Waals surface area (Å²) in [6, 6.07) is 12.7. The molecule has 1 fully saturated rings. The van der Waals surface area contributed by atoms with E-state index in [2.05, 4.69) is 17.4 Å². The van der Waals surface area contributed by atoms with Crippen molar-refractivity contribution in [1.29, 1.82) is 0 Å². The van der Waals surface area contributed by atoms with Gasteiger partial charge in [0.25, 0.3) is 5.91 Å². The number of halogens is 1. The molecule has 0 aliphatic heterocycles. The molecule has 0 radical (unpaired) electrons. The lowest BCUT2D eigenvalue weighted by atomic mass is 10.0. The van der Waals surface area contributed by atoms with E-state index >= 15 is 0 Å². The molecule has 0 bridgehead atoms. The minimum Gasteiger partial charge on any atom is -0.483 e. The van der Waals surface area contributed by atoms with Crippen LogP contribution in [0.1, 0.15) is 18.4 Å². The average molecular weight is 307 g/mol. The van der Waals surface area contributed by atoms with Gasteiger partial charge in [-0.2, -0.15) is 0 Å². The molecule has 2 aromatic carbocycles. The normalized spacial score (nSPS) is 13.7. The molecule has 0 heterocycles. The Kier molecular flexibility index (Phi) is 5.04. The second-order valence-corrected chi connectivity index (χ2v) is 5.17. The number of carbonyl (C=O) groups excluding carboxylic acids is 1. The average Bonchev–Trinajstić information content (AvgIpc) is 3.27. The summed E-state index contributed by atoms with van der Waals surface area (Å²) in [5, 5.41) is 5.82. The van der Waals surface area contributed by atoms with Crippen LogP contribution in [0.4, 0.5) is 0 Å². The third-order valence-corrected chi connectivity index (χ3v) is 3.51. The largest absolute Gasteiger partial charge is 0.483 e. The van der Waals surface area contributed by atoms with E-state index in [1.54, 1.807) is 0 Å². The van der Waals surface area contributed by atoms with E-state index in [1.807, 2.05) is 24.3 Å². The highest BCUT2D eigenvalue weighted by atomic mass is 35.5. The molecular formula is C16H19ClN2O2. The van der Waals surface area contributed by atoms with Crippen LogP contribution < -0.4 is 15.8 Å². The molecule has 21 heavy (non-hydrogen) atoms. The maximum absolute atomic E-state index is 10.9. The molecule has 0 aromatic heterocycles. The van der Waals surface area contributed by atoms with Gasteiger partial charge in [-0.3, -0.25) is 4.79 Å². The number of rotatable bonds is 6. The summed E-state index contributed by atoms with van der Waals surface area (Å²) in [6.07, 6.45) is 2.48. The summed E-state index contributed by atoms with van der Waals surface area (Å²) >= 11 is 0. The van der Waals surface area contributed by atoms with Crippen LogP contribution in [0.15, 0.2) is 36.4 Å². The fraction of sp³-hybridized carbons (Fsp3) is 0.312. The Bertz CT molecular complexity index is 641. The van der Waals surface area contributed by atoms with E-state index in [0.717, 1.165) is 23.2 Å². The number of nitrogens with two attached hydrogens (primary N) is 1. The summed E-state index contributed by atoms with van der Waals surface area (Å²) in [4.78, 5) is 10.9. The van der Waals surface area contributed by atoms with Gasteiger partial charge in [-0.05, 0) is 29.7 Å². The fourth-order valence-electron chi connectivity index (χ4n) is 2.32. The smallest absolute Gasteiger partial charge is 0.255 e. The van der Waals surface area contributed by atoms with Crippen molar-refractivity contribution in [3.8, 4) is 5.75 Å². The molecule has 1 aliphatic rings. The number of ether oxygens (including phenoxy) is 1. The van der Waals surface area contributed by atoms with Gasteiger partial charge in [0.1, 0.15) is 5.75 Å². The number of benzene rings is 2. The zero-order chi connectivity index (χ0) is 13.9. The number of hydrogen-bond acceptors (Lipinski definition) is 3. The van der Waals surface area contributed by atoms with Gasteiger partial charge in [0.2, 0.25) is 0 Å². The Labute approximate surface area is 130 Å². The van der Waals surface area contributed by atoms with Crippen molar-refractivity contribution in [1.82, 2.24) is 5.32 Å². The lowest BCUT2D eigenvalue weighted by molar-refractivity contribution is -0.119. The minimum absolute atomic E-state index is 0. The molecule has 1 saturated carbocycles. The van der Waals surface area contributed by atoms with Gasteiger partial charge in [-0.25, -0.2) is 0 Å². The summed E-state index contributed by atoms with van der Waals surface area (Å²) < 4.78 is 5.54. The van der Waals surface area contributed by atoms with E-state index in [4.69, 9.17) is 10.5 Å². The van der Waals surface area contributed by atoms with Gasteiger partial charge < -0.3 is 15.8 Å². The summed E-state index contributed by atoms with van der Waals surface area (Å²) in [5.41, 5.74) is 6.25. The molecule has 3 N–H and O–H groups in total. The Hall–Kier alpha value is -1.78. The van der Waals surface area contributed by atoms with E-state index in [-0.39, 0.29) is 19.0 Å². The van der Waals surface area contributed by atoms with Crippen LogP contribution in [-0.2, 0) is 11.3 Å². The molecule has 3 rings (SSSR count). The number of carbonyl (C=O) groups is 1. The van der Waals surface area contributed by atoms with Crippen molar-refractivity contribution in [2.45, 2.75) is 25.4 Å². The van der Waals surface area contributed by atoms with Crippen molar-refractivity contribution in [3.05, 3.63) is 42.0 Å². The molecule has 0 spiro atoms. The molecule has 0 saturated heterocycles. The third-order valence-electron chi connectivity index (χ3n) is 3.51. The van der Waals surface area contributed by atoms with Gasteiger partial charge in [-0.1, -0.05) is 30.3 Å². The first-order chi connectivity index (χ1) is 9.74. The first-order valence-corrected chi connectivity index (χ1v) is 6.89. The van der Waals surface area contributed by atoms with E-state index < -0.39 is 5.91 Å². The maximum atomic E-state index is 10.9. The van der Waals surface area contributed by atoms with Crippen molar-refractivity contribution in [3.63, 3.8) is 0 Å². The van der Waals surface area contributed by atoms with Gasteiger partial charge in [-0.15, -0.1) is 12.4 Å².